The first-order valence-electron chi connectivity index (χ1n) is 8.44. The highest BCUT2D eigenvalue weighted by Gasteiger charge is 2.13. The van der Waals surface area contributed by atoms with Crippen molar-refractivity contribution < 1.29 is 9.18 Å². The lowest BCUT2D eigenvalue weighted by molar-refractivity contribution is 0.0982. The maximum atomic E-state index is 12.9. The number of rotatable bonds is 8. The minimum atomic E-state index is -0.332. The minimum Gasteiger partial charge on any atom is -0.302 e. The second-order valence-electron chi connectivity index (χ2n) is 5.67. The van der Waals surface area contributed by atoms with Crippen molar-refractivity contribution in [1.82, 2.24) is 19.7 Å². The van der Waals surface area contributed by atoms with Gasteiger partial charge in [0, 0.05) is 42.2 Å². The molecule has 1 aromatic carbocycles. The van der Waals surface area contributed by atoms with Crippen LogP contribution in [0.2, 0.25) is 0 Å². The van der Waals surface area contributed by atoms with Gasteiger partial charge in [0.2, 0.25) is 0 Å². The van der Waals surface area contributed by atoms with E-state index in [1.807, 2.05) is 12.1 Å². The number of halogens is 1. The fraction of sp³-hybridized carbons (Fsp3) is 0.263. The molecule has 0 spiro atoms. The van der Waals surface area contributed by atoms with Crippen molar-refractivity contribution in [2.24, 2.45) is 0 Å². The summed E-state index contributed by atoms with van der Waals surface area (Å²) >= 11 is 1.59. The zero-order chi connectivity index (χ0) is 18.4. The van der Waals surface area contributed by atoms with Gasteiger partial charge in [-0.3, -0.25) is 9.78 Å². The average molecular weight is 370 g/mol. The third-order valence-electron chi connectivity index (χ3n) is 3.92. The van der Waals surface area contributed by atoms with Crippen LogP contribution in [0.4, 0.5) is 4.39 Å². The molecule has 7 heteroatoms. The Kier molecular flexibility index (Phi) is 6.12. The molecule has 5 nitrogen and oxygen atoms in total. The summed E-state index contributed by atoms with van der Waals surface area (Å²) in [5, 5.41) is 9.41. The van der Waals surface area contributed by atoms with E-state index in [0.717, 1.165) is 35.3 Å². The summed E-state index contributed by atoms with van der Waals surface area (Å²) in [5.74, 6) is 1.28. The monoisotopic (exact) mass is 370 g/mol. The van der Waals surface area contributed by atoms with E-state index in [4.69, 9.17) is 0 Å². The second-order valence-corrected chi connectivity index (χ2v) is 6.73. The predicted octanol–water partition coefficient (Wildman–Crippen LogP) is 4.25. The first-order chi connectivity index (χ1) is 12.7. The molecule has 0 amide bonds. The lowest BCUT2D eigenvalue weighted by Gasteiger charge is -2.07. The zero-order valence-electron chi connectivity index (χ0n) is 14.4. The highest BCUT2D eigenvalue weighted by Crippen LogP contribution is 2.24. The number of carbonyl (C=O) groups excluding carboxylic acids is 1. The van der Waals surface area contributed by atoms with Gasteiger partial charge >= 0.3 is 0 Å². The molecule has 26 heavy (non-hydrogen) atoms. The molecule has 0 aliphatic carbocycles. The van der Waals surface area contributed by atoms with Crippen molar-refractivity contribution in [1.29, 1.82) is 0 Å². The van der Waals surface area contributed by atoms with Gasteiger partial charge in [0.25, 0.3) is 0 Å². The van der Waals surface area contributed by atoms with Crippen LogP contribution in [-0.2, 0) is 6.54 Å². The standard InChI is InChI=1S/C19H19FN4OS/c1-2-24-18(15-9-11-21-12-10-15)22-23-19(24)26-13-3-4-17(25)14-5-7-16(20)8-6-14/h5-12H,2-4,13H2,1H3. The molecular weight excluding hydrogens is 351 g/mol. The van der Waals surface area contributed by atoms with Crippen LogP contribution in [0.15, 0.2) is 53.9 Å². The molecule has 0 bridgehead atoms. The second kappa shape index (κ2) is 8.71. The number of carbonyl (C=O) groups is 1. The van der Waals surface area contributed by atoms with Gasteiger partial charge in [0.1, 0.15) is 5.82 Å². The minimum absolute atomic E-state index is 0.0278. The summed E-state index contributed by atoms with van der Waals surface area (Å²) in [6, 6.07) is 9.50. The third kappa shape index (κ3) is 4.35. The smallest absolute Gasteiger partial charge is 0.191 e. The van der Waals surface area contributed by atoms with E-state index in [1.54, 1.807) is 24.2 Å². The molecule has 0 fully saturated rings. The quantitative estimate of drug-likeness (QED) is 0.337. The molecule has 2 heterocycles. The number of Topliss-reactive ketones (excluding diaryl/α,β-unsaturated/α-hetero) is 1. The van der Waals surface area contributed by atoms with Crippen LogP contribution in [0.5, 0.6) is 0 Å². The summed E-state index contributed by atoms with van der Waals surface area (Å²) in [7, 11) is 0. The highest BCUT2D eigenvalue weighted by molar-refractivity contribution is 7.99. The first-order valence-corrected chi connectivity index (χ1v) is 9.42. The number of pyridine rings is 1. The fourth-order valence-electron chi connectivity index (χ4n) is 2.57. The van der Waals surface area contributed by atoms with Gasteiger partial charge in [-0.05, 0) is 49.7 Å². The van der Waals surface area contributed by atoms with Crippen LogP contribution < -0.4 is 0 Å². The third-order valence-corrected chi connectivity index (χ3v) is 4.97. The number of aromatic nitrogens is 4. The van der Waals surface area contributed by atoms with E-state index in [0.29, 0.717) is 12.0 Å². The van der Waals surface area contributed by atoms with Gasteiger partial charge in [-0.15, -0.1) is 10.2 Å². The molecule has 0 unspecified atom stereocenters. The molecule has 3 rings (SSSR count). The van der Waals surface area contributed by atoms with E-state index in [1.165, 1.54) is 24.3 Å². The van der Waals surface area contributed by atoms with Crippen LogP contribution in [0.25, 0.3) is 11.4 Å². The number of hydrogen-bond acceptors (Lipinski definition) is 5. The average Bonchev–Trinajstić information content (AvgIpc) is 3.09. The first kappa shape index (κ1) is 18.3. The molecular formula is C19H19FN4OS. The summed E-state index contributed by atoms with van der Waals surface area (Å²) in [5.41, 5.74) is 1.53. The van der Waals surface area contributed by atoms with Crippen molar-refractivity contribution in [3.8, 4) is 11.4 Å². The van der Waals surface area contributed by atoms with Crippen molar-refractivity contribution in [2.75, 3.05) is 5.75 Å². The van der Waals surface area contributed by atoms with Crippen molar-refractivity contribution in [3.05, 3.63) is 60.2 Å². The topological polar surface area (TPSA) is 60.7 Å². The predicted molar refractivity (Wildman–Crippen MR) is 99.6 cm³/mol. The number of nitrogens with zero attached hydrogens (tertiary/aromatic N) is 4. The lowest BCUT2D eigenvalue weighted by Crippen LogP contribution is -2.02. The van der Waals surface area contributed by atoms with Gasteiger partial charge in [0.15, 0.2) is 16.8 Å². The molecule has 0 saturated heterocycles. The molecule has 3 aromatic rings. The molecule has 0 N–H and O–H groups in total. The fourth-order valence-corrected chi connectivity index (χ4v) is 3.51. The van der Waals surface area contributed by atoms with E-state index in [-0.39, 0.29) is 11.6 Å². The molecule has 2 aromatic heterocycles. The normalized spacial score (nSPS) is 10.8. The Labute approximate surface area is 155 Å². The highest BCUT2D eigenvalue weighted by atomic mass is 32.2. The van der Waals surface area contributed by atoms with Crippen LogP contribution in [0, 0.1) is 5.82 Å². The van der Waals surface area contributed by atoms with Gasteiger partial charge in [-0.1, -0.05) is 11.8 Å². The Morgan fingerprint density at radius 3 is 2.54 bits per heavy atom. The van der Waals surface area contributed by atoms with Crippen LogP contribution in [0.3, 0.4) is 0 Å². The number of hydrogen-bond donors (Lipinski definition) is 0. The SMILES string of the molecule is CCn1c(SCCCC(=O)c2ccc(F)cc2)nnc1-c1ccncc1. The summed E-state index contributed by atoms with van der Waals surface area (Å²) in [6.45, 7) is 2.82. The maximum absolute atomic E-state index is 12.9. The molecule has 0 saturated carbocycles. The molecule has 0 aliphatic rings. The van der Waals surface area contributed by atoms with Crippen LogP contribution in [0.1, 0.15) is 30.1 Å². The van der Waals surface area contributed by atoms with Crippen molar-refractivity contribution in [3.63, 3.8) is 0 Å². The van der Waals surface area contributed by atoms with Crippen LogP contribution in [-0.4, -0.2) is 31.3 Å². The van der Waals surface area contributed by atoms with E-state index in [2.05, 4.69) is 26.7 Å². The van der Waals surface area contributed by atoms with Gasteiger partial charge in [-0.2, -0.15) is 0 Å². The van der Waals surface area contributed by atoms with Gasteiger partial charge < -0.3 is 4.57 Å². The summed E-state index contributed by atoms with van der Waals surface area (Å²) < 4.78 is 15.0. The largest absolute Gasteiger partial charge is 0.302 e. The van der Waals surface area contributed by atoms with Crippen molar-refractivity contribution in [2.45, 2.75) is 31.5 Å². The van der Waals surface area contributed by atoms with E-state index >= 15 is 0 Å². The lowest BCUT2D eigenvalue weighted by atomic mass is 10.1. The molecule has 0 atom stereocenters. The molecule has 0 radical (unpaired) electrons. The van der Waals surface area contributed by atoms with Gasteiger partial charge in [0.05, 0.1) is 0 Å². The molecule has 134 valence electrons. The van der Waals surface area contributed by atoms with Gasteiger partial charge in [-0.25, -0.2) is 4.39 Å². The zero-order valence-corrected chi connectivity index (χ0v) is 15.2. The Hall–Kier alpha value is -2.54. The Morgan fingerprint density at radius 2 is 1.85 bits per heavy atom. The number of ketones is 1. The Balaban J connectivity index is 1.56. The van der Waals surface area contributed by atoms with E-state index < -0.39 is 0 Å². The Bertz CT molecular complexity index is 865. The molecule has 0 aliphatic heterocycles. The Morgan fingerprint density at radius 1 is 1.12 bits per heavy atom. The summed E-state index contributed by atoms with van der Waals surface area (Å²) in [4.78, 5) is 16.1. The summed E-state index contributed by atoms with van der Waals surface area (Å²) in [6.07, 6.45) is 4.62. The number of thioether (sulfide) groups is 1. The van der Waals surface area contributed by atoms with E-state index in [9.17, 15) is 9.18 Å². The van der Waals surface area contributed by atoms with Crippen LogP contribution >= 0.6 is 11.8 Å². The maximum Gasteiger partial charge on any atom is 0.191 e. The number of benzene rings is 1. The van der Waals surface area contributed by atoms with Crippen molar-refractivity contribution >= 4 is 17.5 Å².